The number of hydrogen-bond donors (Lipinski definition) is 7. The topological polar surface area (TPSA) is 270 Å². The van der Waals surface area contributed by atoms with E-state index in [0.717, 1.165) is 4.57 Å². The Morgan fingerprint density at radius 3 is 2.29 bits per heavy atom. The van der Waals surface area contributed by atoms with Crippen LogP contribution in [0.5, 0.6) is 0 Å². The van der Waals surface area contributed by atoms with Crippen LogP contribution < -0.4 is 11.4 Å². The van der Waals surface area contributed by atoms with E-state index in [9.17, 15) is 33.6 Å². The molecule has 1 aromatic heterocycles. The van der Waals surface area contributed by atoms with Crippen molar-refractivity contribution in [3.8, 4) is 0 Å². The van der Waals surface area contributed by atoms with Crippen LogP contribution in [-0.4, -0.2) is 64.3 Å². The molecule has 31 heavy (non-hydrogen) atoms. The minimum Gasteiger partial charge on any atom is -0.387 e. The third-order valence-corrected chi connectivity index (χ3v) is 7.67. The Balaban J connectivity index is 2.11. The number of anilines is 1. The van der Waals surface area contributed by atoms with Crippen molar-refractivity contribution in [1.82, 2.24) is 9.55 Å². The first-order valence-electron chi connectivity index (χ1n) is 8.22. The Kier molecular flexibility index (Phi) is 7.99. The van der Waals surface area contributed by atoms with Crippen LogP contribution >= 0.6 is 23.5 Å². The number of nitrogens with two attached hydrogens (primary N) is 1. The van der Waals surface area contributed by atoms with E-state index in [-0.39, 0.29) is 5.82 Å². The van der Waals surface area contributed by atoms with Crippen molar-refractivity contribution in [1.29, 1.82) is 0 Å². The highest BCUT2D eigenvalue weighted by molar-refractivity contribution is 7.66. The third kappa shape index (κ3) is 6.97. The van der Waals surface area contributed by atoms with Gasteiger partial charge in [0.25, 0.3) is 0 Å². The predicted molar refractivity (Wildman–Crippen MR) is 98.0 cm³/mol. The van der Waals surface area contributed by atoms with E-state index < -0.39 is 60.3 Å². The van der Waals surface area contributed by atoms with E-state index in [2.05, 4.69) is 18.1 Å². The van der Waals surface area contributed by atoms with Crippen LogP contribution in [0.15, 0.2) is 11.0 Å². The molecule has 1 saturated heterocycles. The van der Waals surface area contributed by atoms with Gasteiger partial charge in [-0.1, -0.05) is 6.92 Å². The molecule has 1 aliphatic heterocycles. The number of aliphatic hydroxyl groups is 2. The summed E-state index contributed by atoms with van der Waals surface area (Å²) < 4.78 is 51.2. The number of phosphoric ester groups is 1. The Morgan fingerprint density at radius 1 is 1.13 bits per heavy atom. The Labute approximate surface area is 173 Å². The number of hydrogen-bond acceptors (Lipinski definition) is 12. The lowest BCUT2D eigenvalue weighted by Crippen LogP contribution is -2.36. The number of rotatable bonds is 9. The fourth-order valence-electron chi connectivity index (χ4n) is 2.54. The molecule has 1 fully saturated rings. The molecule has 1 aliphatic rings. The van der Waals surface area contributed by atoms with Crippen molar-refractivity contribution >= 4 is 29.3 Å². The highest BCUT2D eigenvalue weighted by atomic mass is 31.3. The SMILES string of the molecule is CCc1cn([C@@H]2O[C@H](COP(=O)(O)OP(=O)(O)OP(=O)(O)O)[C@@H](O)[C@H]2O)c(=O)nc1N. The number of nitrogens with zero attached hydrogens (tertiary/aromatic N) is 2. The van der Waals surface area contributed by atoms with Gasteiger partial charge in [0.2, 0.25) is 0 Å². The molecular weight excluding hydrogens is 491 g/mol. The van der Waals surface area contributed by atoms with Gasteiger partial charge in [-0.05, 0) is 6.42 Å². The summed E-state index contributed by atoms with van der Waals surface area (Å²) in [7, 11) is -16.8. The largest absolute Gasteiger partial charge is 0.490 e. The fraction of sp³-hybridized carbons (Fsp3) is 0.636. The minimum absolute atomic E-state index is 0.0407. The van der Waals surface area contributed by atoms with E-state index in [1.807, 2.05) is 0 Å². The quantitative estimate of drug-likeness (QED) is 0.183. The first-order valence-corrected chi connectivity index (χ1v) is 12.7. The van der Waals surface area contributed by atoms with E-state index in [1.54, 1.807) is 6.92 Å². The number of aryl methyl sites for hydroxylation is 1. The van der Waals surface area contributed by atoms with Gasteiger partial charge in [-0.3, -0.25) is 9.09 Å². The van der Waals surface area contributed by atoms with Crippen LogP contribution in [0.1, 0.15) is 18.7 Å². The number of phosphoric acid groups is 3. The molecule has 2 rings (SSSR count). The molecule has 178 valence electrons. The normalized spacial score (nSPS) is 28.2. The zero-order valence-corrected chi connectivity index (χ0v) is 18.2. The molecule has 8 N–H and O–H groups in total. The van der Waals surface area contributed by atoms with Gasteiger partial charge < -0.3 is 40.3 Å². The Morgan fingerprint density at radius 2 is 1.74 bits per heavy atom. The van der Waals surface area contributed by atoms with Crippen LogP contribution in [-0.2, 0) is 38.0 Å². The number of aromatic nitrogens is 2. The second-order valence-corrected chi connectivity index (χ2v) is 10.5. The average Bonchev–Trinajstić information content (AvgIpc) is 2.85. The van der Waals surface area contributed by atoms with Crippen molar-refractivity contribution in [2.75, 3.05) is 12.3 Å². The Bertz CT molecular complexity index is 1010. The summed E-state index contributed by atoms with van der Waals surface area (Å²) in [6.45, 7) is 0.699. The van der Waals surface area contributed by atoms with Crippen molar-refractivity contribution in [2.45, 2.75) is 37.9 Å². The second kappa shape index (κ2) is 9.45. The maximum absolute atomic E-state index is 12.1. The Hall–Kier alpha value is -1.03. The maximum atomic E-state index is 12.1. The van der Waals surface area contributed by atoms with E-state index in [4.69, 9.17) is 25.2 Å². The third-order valence-electron chi connectivity index (χ3n) is 3.87. The van der Waals surface area contributed by atoms with Crippen molar-refractivity contribution in [3.63, 3.8) is 0 Å². The molecule has 2 heterocycles. The van der Waals surface area contributed by atoms with Gasteiger partial charge in [0.15, 0.2) is 6.23 Å². The molecule has 17 nitrogen and oxygen atoms in total. The van der Waals surface area contributed by atoms with Crippen LogP contribution in [0, 0.1) is 0 Å². The van der Waals surface area contributed by atoms with Gasteiger partial charge in [0, 0.05) is 11.8 Å². The molecule has 0 aliphatic carbocycles. The van der Waals surface area contributed by atoms with E-state index in [0.29, 0.717) is 12.0 Å². The molecule has 0 radical (unpaired) electrons. The second-order valence-electron chi connectivity index (χ2n) is 6.13. The molecule has 0 aromatic carbocycles. The summed E-state index contributed by atoms with van der Waals surface area (Å²) in [4.78, 5) is 51.1. The summed E-state index contributed by atoms with van der Waals surface area (Å²) in [5.41, 5.74) is 5.12. The van der Waals surface area contributed by atoms with Crippen molar-refractivity contribution < 1.29 is 61.4 Å². The summed E-state index contributed by atoms with van der Waals surface area (Å²) in [6, 6.07) is 0. The van der Waals surface area contributed by atoms with Gasteiger partial charge in [0.05, 0.1) is 6.61 Å². The summed E-state index contributed by atoms with van der Waals surface area (Å²) in [5.74, 6) is -0.0407. The lowest BCUT2D eigenvalue weighted by molar-refractivity contribution is -0.0542. The zero-order valence-electron chi connectivity index (χ0n) is 15.6. The number of nitrogen functional groups attached to an aromatic ring is 1. The lowest BCUT2D eigenvalue weighted by Gasteiger charge is -2.19. The van der Waals surface area contributed by atoms with Crippen molar-refractivity contribution in [2.24, 2.45) is 0 Å². The molecule has 20 heteroatoms. The highest BCUT2D eigenvalue weighted by Gasteiger charge is 2.46. The molecule has 2 unspecified atom stereocenters. The molecule has 0 saturated carbocycles. The predicted octanol–water partition coefficient (Wildman–Crippen LogP) is -1.65. The zero-order chi connectivity index (χ0) is 23.8. The van der Waals surface area contributed by atoms with Crippen LogP contribution in [0.3, 0.4) is 0 Å². The molecular formula is C11H20N3O14P3. The summed E-state index contributed by atoms with van der Waals surface area (Å²) in [5, 5.41) is 20.3. The minimum atomic E-state index is -5.72. The van der Waals surface area contributed by atoms with Crippen LogP contribution in [0.4, 0.5) is 5.82 Å². The molecule has 1 aromatic rings. The van der Waals surface area contributed by atoms with Gasteiger partial charge in [-0.25, -0.2) is 18.5 Å². The summed E-state index contributed by atoms with van der Waals surface area (Å²) >= 11 is 0. The van der Waals surface area contributed by atoms with Crippen molar-refractivity contribution in [3.05, 3.63) is 22.2 Å². The number of aliphatic hydroxyl groups excluding tert-OH is 2. The molecule has 6 atom stereocenters. The summed E-state index contributed by atoms with van der Waals surface area (Å²) in [6.07, 6.45) is -4.89. The van der Waals surface area contributed by atoms with Gasteiger partial charge in [-0.2, -0.15) is 13.6 Å². The molecule has 0 amide bonds. The van der Waals surface area contributed by atoms with Crippen LogP contribution in [0.2, 0.25) is 0 Å². The monoisotopic (exact) mass is 511 g/mol. The first kappa shape index (κ1) is 26.2. The van der Waals surface area contributed by atoms with E-state index >= 15 is 0 Å². The van der Waals surface area contributed by atoms with Gasteiger partial charge >= 0.3 is 29.2 Å². The first-order chi connectivity index (χ1) is 14.1. The van der Waals surface area contributed by atoms with Crippen LogP contribution in [0.25, 0.3) is 0 Å². The highest BCUT2D eigenvalue weighted by Crippen LogP contribution is 2.66. The van der Waals surface area contributed by atoms with Gasteiger partial charge in [0.1, 0.15) is 24.1 Å². The number of ether oxygens (including phenoxy) is 1. The smallest absolute Gasteiger partial charge is 0.387 e. The fourth-order valence-corrected chi connectivity index (χ4v) is 5.57. The standard InChI is InChI=1S/C11H20N3O14P3/c1-2-5-3-14(11(17)13-9(5)12)10-8(16)7(15)6(26-10)4-25-30(21,22)28-31(23,24)27-29(18,19)20/h3,6-8,10,15-16H,2,4H2,1H3,(H,21,22)(H,23,24)(H2,12,13,17)(H2,18,19,20)/t6-,7-,8-,10-/m1/s1. The average molecular weight is 511 g/mol. The van der Waals surface area contributed by atoms with E-state index in [1.165, 1.54) is 6.20 Å². The lowest BCUT2D eigenvalue weighted by atomic mass is 10.1. The maximum Gasteiger partial charge on any atom is 0.490 e. The van der Waals surface area contributed by atoms with Gasteiger partial charge in [-0.15, -0.1) is 0 Å². The molecule has 0 spiro atoms. The molecule has 0 bridgehead atoms.